The number of hydrogen-bond acceptors (Lipinski definition) is 5. The molecule has 1 unspecified atom stereocenters. The summed E-state index contributed by atoms with van der Waals surface area (Å²) in [4.78, 5) is 14.4. The Morgan fingerprint density at radius 2 is 2.16 bits per heavy atom. The molecule has 25 heavy (non-hydrogen) atoms. The van der Waals surface area contributed by atoms with Crippen molar-refractivity contribution in [3.63, 3.8) is 0 Å². The van der Waals surface area contributed by atoms with Gasteiger partial charge in [0, 0.05) is 31.7 Å². The van der Waals surface area contributed by atoms with Crippen LogP contribution in [0, 0.1) is 0 Å². The van der Waals surface area contributed by atoms with E-state index in [2.05, 4.69) is 37.3 Å². The van der Waals surface area contributed by atoms with E-state index in [9.17, 15) is 4.79 Å². The molecule has 0 radical (unpaired) electrons. The highest BCUT2D eigenvalue weighted by Crippen LogP contribution is 2.26. The Bertz CT molecular complexity index is 792. The maximum atomic E-state index is 12.0. The molecule has 0 saturated carbocycles. The Morgan fingerprint density at radius 1 is 1.40 bits per heavy atom. The fraction of sp³-hybridized carbons (Fsp3) is 0.412. The van der Waals surface area contributed by atoms with Crippen LogP contribution in [-0.4, -0.2) is 47.5 Å². The van der Waals surface area contributed by atoms with Crippen molar-refractivity contribution in [1.29, 1.82) is 0 Å². The van der Waals surface area contributed by atoms with Crippen LogP contribution in [0.3, 0.4) is 0 Å². The van der Waals surface area contributed by atoms with Crippen LogP contribution < -0.4 is 10.9 Å². The molecular weight excluding hydrogens is 408 g/mol. The fourth-order valence-electron chi connectivity index (χ4n) is 2.90. The molecule has 1 fully saturated rings. The number of halogens is 2. The largest absolute Gasteiger partial charge is 0.381 e. The first-order valence-electron chi connectivity index (χ1n) is 8.09. The van der Waals surface area contributed by atoms with Gasteiger partial charge in [-0.1, -0.05) is 23.7 Å². The molecule has 1 aromatic heterocycles. The van der Waals surface area contributed by atoms with Gasteiger partial charge in [0.25, 0.3) is 5.56 Å². The van der Waals surface area contributed by atoms with Gasteiger partial charge >= 0.3 is 0 Å². The first-order valence-corrected chi connectivity index (χ1v) is 9.26. The average molecular weight is 428 g/mol. The molecule has 1 aliphatic rings. The fourth-order valence-corrected chi connectivity index (χ4v) is 3.60. The lowest BCUT2D eigenvalue weighted by Gasteiger charge is -2.35. The molecule has 6 nitrogen and oxygen atoms in total. The van der Waals surface area contributed by atoms with Gasteiger partial charge in [0.15, 0.2) is 0 Å². The van der Waals surface area contributed by atoms with E-state index in [1.807, 2.05) is 18.2 Å². The smallest absolute Gasteiger partial charge is 0.282 e. The van der Waals surface area contributed by atoms with Crippen molar-refractivity contribution in [2.45, 2.75) is 6.04 Å². The van der Waals surface area contributed by atoms with Crippen molar-refractivity contribution >= 4 is 33.2 Å². The predicted octanol–water partition coefficient (Wildman–Crippen LogP) is 2.68. The van der Waals surface area contributed by atoms with Crippen molar-refractivity contribution in [3.05, 3.63) is 55.9 Å². The summed E-state index contributed by atoms with van der Waals surface area (Å²) in [5.41, 5.74) is 1.65. The number of aromatic nitrogens is 2. The van der Waals surface area contributed by atoms with Crippen LogP contribution in [0.25, 0.3) is 0 Å². The van der Waals surface area contributed by atoms with Crippen LogP contribution in [-0.2, 0) is 11.8 Å². The van der Waals surface area contributed by atoms with Gasteiger partial charge < -0.3 is 10.1 Å². The molecule has 1 N–H and O–H groups in total. The van der Waals surface area contributed by atoms with Crippen LogP contribution in [0.1, 0.15) is 11.6 Å². The summed E-state index contributed by atoms with van der Waals surface area (Å²) >= 11 is 9.54. The Kier molecular flexibility index (Phi) is 6.11. The summed E-state index contributed by atoms with van der Waals surface area (Å²) in [6, 6.07) is 8.02. The third-order valence-electron chi connectivity index (χ3n) is 4.28. The average Bonchev–Trinajstić information content (AvgIpc) is 2.63. The Labute approximate surface area is 159 Å². The summed E-state index contributed by atoms with van der Waals surface area (Å²) in [5.74, 6) is 0. The van der Waals surface area contributed by atoms with Crippen LogP contribution in [0.2, 0.25) is 5.02 Å². The monoisotopic (exact) mass is 426 g/mol. The lowest BCUT2D eigenvalue weighted by atomic mass is 10.0. The van der Waals surface area contributed by atoms with Gasteiger partial charge in [-0.2, -0.15) is 5.10 Å². The predicted molar refractivity (Wildman–Crippen MR) is 102 cm³/mol. The molecule has 8 heteroatoms. The maximum absolute atomic E-state index is 12.0. The van der Waals surface area contributed by atoms with Gasteiger partial charge in [-0.25, -0.2) is 4.68 Å². The number of nitrogens with zero attached hydrogens (tertiary/aromatic N) is 3. The molecule has 0 aliphatic carbocycles. The van der Waals surface area contributed by atoms with E-state index in [-0.39, 0.29) is 11.6 Å². The number of hydrogen-bond donors (Lipinski definition) is 1. The molecule has 2 aromatic rings. The topological polar surface area (TPSA) is 59.4 Å². The molecule has 1 aromatic carbocycles. The number of aryl methyl sites for hydroxylation is 1. The molecule has 2 heterocycles. The van der Waals surface area contributed by atoms with Crippen LogP contribution in [0.15, 0.2) is 39.7 Å². The second kappa shape index (κ2) is 8.31. The van der Waals surface area contributed by atoms with Crippen LogP contribution >= 0.6 is 27.5 Å². The van der Waals surface area contributed by atoms with Crippen molar-refractivity contribution < 1.29 is 4.74 Å². The standard InChI is InChI=1S/C17H20BrClN4O2/c1-22-17(24)16(18)14(10-21-22)20-11-15(23-5-7-25-8-6-23)12-3-2-4-13(19)9-12/h2-4,9-10,15,20H,5-8,11H2,1H3. The van der Waals surface area contributed by atoms with Gasteiger partial charge in [0.2, 0.25) is 0 Å². The van der Waals surface area contributed by atoms with Crippen LogP contribution in [0.5, 0.6) is 0 Å². The van der Waals surface area contributed by atoms with E-state index < -0.39 is 0 Å². The molecule has 1 saturated heterocycles. The Balaban J connectivity index is 1.82. The summed E-state index contributed by atoms with van der Waals surface area (Å²) in [7, 11) is 1.62. The second-order valence-corrected chi connectivity index (χ2v) is 7.13. The van der Waals surface area contributed by atoms with Crippen LogP contribution in [0.4, 0.5) is 5.69 Å². The highest BCUT2D eigenvalue weighted by Gasteiger charge is 2.23. The highest BCUT2D eigenvalue weighted by atomic mass is 79.9. The lowest BCUT2D eigenvalue weighted by molar-refractivity contribution is 0.0187. The minimum absolute atomic E-state index is 0.124. The molecule has 1 aliphatic heterocycles. The third kappa shape index (κ3) is 4.41. The van der Waals surface area contributed by atoms with Gasteiger partial charge in [-0.05, 0) is 33.6 Å². The summed E-state index contributed by atoms with van der Waals surface area (Å²) < 4.78 is 7.25. The molecular formula is C17H20BrClN4O2. The zero-order chi connectivity index (χ0) is 17.8. The quantitative estimate of drug-likeness (QED) is 0.795. The third-order valence-corrected chi connectivity index (χ3v) is 5.29. The number of ether oxygens (including phenoxy) is 1. The first kappa shape index (κ1) is 18.4. The minimum Gasteiger partial charge on any atom is -0.381 e. The maximum Gasteiger partial charge on any atom is 0.282 e. The number of benzene rings is 1. The molecule has 0 spiro atoms. The van der Waals surface area contributed by atoms with Crippen molar-refractivity contribution in [2.75, 3.05) is 38.2 Å². The lowest BCUT2D eigenvalue weighted by Crippen LogP contribution is -2.41. The molecule has 134 valence electrons. The van der Waals surface area contributed by atoms with Crippen molar-refractivity contribution in [3.8, 4) is 0 Å². The van der Waals surface area contributed by atoms with Gasteiger partial charge in [-0.15, -0.1) is 0 Å². The molecule has 3 rings (SSSR count). The van der Waals surface area contributed by atoms with Gasteiger partial charge in [-0.3, -0.25) is 9.69 Å². The highest BCUT2D eigenvalue weighted by molar-refractivity contribution is 9.10. The summed E-state index contributed by atoms with van der Waals surface area (Å²) in [5, 5.41) is 8.14. The Morgan fingerprint density at radius 3 is 2.88 bits per heavy atom. The van der Waals surface area contributed by atoms with Crippen molar-refractivity contribution in [2.24, 2.45) is 7.05 Å². The Hall–Kier alpha value is -1.41. The number of rotatable bonds is 5. The SMILES string of the molecule is Cn1ncc(NCC(c2cccc(Cl)c2)N2CCOCC2)c(Br)c1=O. The number of anilines is 1. The van der Waals surface area contributed by atoms with Crippen molar-refractivity contribution in [1.82, 2.24) is 14.7 Å². The van der Waals surface area contributed by atoms with E-state index in [1.165, 1.54) is 4.68 Å². The minimum atomic E-state index is -0.171. The van der Waals surface area contributed by atoms with E-state index in [1.54, 1.807) is 13.2 Å². The number of nitrogens with one attached hydrogen (secondary N) is 1. The van der Waals surface area contributed by atoms with E-state index in [0.717, 1.165) is 18.7 Å². The zero-order valence-electron chi connectivity index (χ0n) is 13.9. The van der Waals surface area contributed by atoms with Gasteiger partial charge in [0.1, 0.15) is 4.47 Å². The van der Waals surface area contributed by atoms with E-state index in [0.29, 0.717) is 34.9 Å². The first-order chi connectivity index (χ1) is 12.1. The molecule has 1 atom stereocenters. The van der Waals surface area contributed by atoms with Gasteiger partial charge in [0.05, 0.1) is 31.1 Å². The summed E-state index contributed by atoms with van der Waals surface area (Å²) in [6.07, 6.45) is 1.65. The number of morpholine rings is 1. The van der Waals surface area contributed by atoms with E-state index >= 15 is 0 Å². The second-order valence-electron chi connectivity index (χ2n) is 5.90. The molecule has 0 bridgehead atoms. The normalized spacial score (nSPS) is 16.6. The van der Waals surface area contributed by atoms with E-state index in [4.69, 9.17) is 16.3 Å². The molecule has 0 amide bonds. The summed E-state index contributed by atoms with van der Waals surface area (Å²) in [6.45, 7) is 3.78. The zero-order valence-corrected chi connectivity index (χ0v) is 16.3.